The van der Waals surface area contributed by atoms with E-state index >= 15 is 0 Å². The molecular weight excluding hydrogens is 346 g/mol. The van der Waals surface area contributed by atoms with Gasteiger partial charge in [-0.1, -0.05) is 30.7 Å². The molecule has 0 aliphatic carbocycles. The zero-order valence-electron chi connectivity index (χ0n) is 14.9. The third-order valence-electron chi connectivity index (χ3n) is 3.82. The van der Waals surface area contributed by atoms with E-state index in [9.17, 15) is 19.8 Å². The molecule has 0 radical (unpaired) electrons. The fourth-order valence-electron chi connectivity index (χ4n) is 2.37. The zero-order valence-corrected chi connectivity index (χ0v) is 14.9. The van der Waals surface area contributed by atoms with Gasteiger partial charge >= 0.3 is 0 Å². The summed E-state index contributed by atoms with van der Waals surface area (Å²) in [5.41, 5.74) is 3.32. The molecule has 0 aliphatic heterocycles. The molecule has 0 saturated carbocycles. The Morgan fingerprint density at radius 1 is 0.852 bits per heavy atom. The maximum Gasteiger partial charge on any atom is 0.240 e. The van der Waals surface area contributed by atoms with E-state index in [0.717, 1.165) is 6.42 Å². The summed E-state index contributed by atoms with van der Waals surface area (Å²) in [6.45, 7) is 0. The van der Waals surface area contributed by atoms with E-state index in [0.29, 0.717) is 36.9 Å². The predicted octanol–water partition coefficient (Wildman–Crippen LogP) is 3.14. The van der Waals surface area contributed by atoms with E-state index < -0.39 is 0 Å². The summed E-state index contributed by atoms with van der Waals surface area (Å²) in [6, 6.07) is 13.2. The molecule has 0 spiro atoms. The minimum Gasteiger partial charge on any atom is -0.507 e. The molecule has 0 saturated heterocycles. The Bertz CT molecular complexity index is 805. The van der Waals surface area contributed by atoms with Gasteiger partial charge in [0.25, 0.3) is 0 Å². The molecule has 0 atom stereocenters. The number of hydrogen-bond donors (Lipinski definition) is 4. The van der Waals surface area contributed by atoms with Crippen LogP contribution in [-0.2, 0) is 9.59 Å². The van der Waals surface area contributed by atoms with E-state index in [1.807, 2.05) is 0 Å². The second-order valence-corrected chi connectivity index (χ2v) is 5.98. The number of unbranched alkanes of at least 4 members (excludes halogenated alkanes) is 2. The van der Waals surface area contributed by atoms with E-state index in [1.54, 1.807) is 42.5 Å². The Kier molecular flexibility index (Phi) is 7.84. The zero-order chi connectivity index (χ0) is 19.5. The highest BCUT2D eigenvalue weighted by Gasteiger charge is 2.06. The molecule has 0 bridgehead atoms. The van der Waals surface area contributed by atoms with Crippen molar-refractivity contribution in [3.8, 4) is 11.5 Å². The average Bonchev–Trinajstić information content (AvgIpc) is 2.65. The molecule has 7 heteroatoms. The van der Waals surface area contributed by atoms with Crippen LogP contribution in [0.5, 0.6) is 11.5 Å². The van der Waals surface area contributed by atoms with E-state index in [1.165, 1.54) is 12.3 Å². The van der Waals surface area contributed by atoms with Gasteiger partial charge in [0.1, 0.15) is 11.5 Å². The highest BCUT2D eigenvalue weighted by molar-refractivity contribution is 5.92. The predicted molar refractivity (Wildman–Crippen MR) is 104 cm³/mol. The summed E-state index contributed by atoms with van der Waals surface area (Å²) in [4.78, 5) is 23.5. The van der Waals surface area contributed by atoms with Crippen LogP contribution >= 0.6 is 0 Å². The van der Waals surface area contributed by atoms with E-state index in [2.05, 4.69) is 15.8 Å². The van der Waals surface area contributed by atoms with Gasteiger partial charge in [0.15, 0.2) is 0 Å². The fraction of sp³-hybridized carbons (Fsp3) is 0.250. The number of nitrogens with zero attached hydrogens (tertiary/aromatic N) is 1. The Morgan fingerprint density at radius 3 is 2.19 bits per heavy atom. The highest BCUT2D eigenvalue weighted by atomic mass is 16.3. The monoisotopic (exact) mass is 369 g/mol. The van der Waals surface area contributed by atoms with Crippen molar-refractivity contribution in [1.29, 1.82) is 0 Å². The number of nitrogens with one attached hydrogen (secondary N) is 2. The van der Waals surface area contributed by atoms with Crippen molar-refractivity contribution in [3.63, 3.8) is 0 Å². The molecule has 27 heavy (non-hydrogen) atoms. The van der Waals surface area contributed by atoms with Crippen LogP contribution in [0.4, 0.5) is 5.69 Å². The molecule has 0 heterocycles. The molecule has 2 amide bonds. The number of phenols is 2. The first-order valence-corrected chi connectivity index (χ1v) is 8.74. The summed E-state index contributed by atoms with van der Waals surface area (Å²) in [5, 5.41) is 25.6. The lowest BCUT2D eigenvalue weighted by atomic mass is 10.1. The topological polar surface area (TPSA) is 111 Å². The maximum absolute atomic E-state index is 11.8. The van der Waals surface area contributed by atoms with Crippen LogP contribution in [0.2, 0.25) is 0 Å². The summed E-state index contributed by atoms with van der Waals surface area (Å²) < 4.78 is 0. The van der Waals surface area contributed by atoms with Crippen LogP contribution in [0.3, 0.4) is 0 Å². The van der Waals surface area contributed by atoms with Crippen LogP contribution in [0.25, 0.3) is 0 Å². The molecule has 7 nitrogen and oxygen atoms in total. The van der Waals surface area contributed by atoms with Crippen LogP contribution in [0, 0.1) is 0 Å². The van der Waals surface area contributed by atoms with Gasteiger partial charge in [-0.3, -0.25) is 9.59 Å². The second-order valence-electron chi connectivity index (χ2n) is 5.98. The maximum atomic E-state index is 11.8. The largest absolute Gasteiger partial charge is 0.507 e. The number of aromatic hydroxyl groups is 2. The minimum absolute atomic E-state index is 0.0342. The third-order valence-corrected chi connectivity index (χ3v) is 3.82. The first-order valence-electron chi connectivity index (χ1n) is 8.74. The van der Waals surface area contributed by atoms with E-state index in [4.69, 9.17) is 0 Å². The molecule has 0 aromatic heterocycles. The number of hydrogen-bond acceptors (Lipinski definition) is 5. The quantitative estimate of drug-likeness (QED) is 0.235. The number of anilines is 1. The van der Waals surface area contributed by atoms with Crippen molar-refractivity contribution in [2.75, 3.05) is 5.32 Å². The molecule has 0 fully saturated rings. The summed E-state index contributed by atoms with van der Waals surface area (Å²) in [5.74, 6) is -0.266. The molecule has 2 rings (SSSR count). The number of carbonyl (C=O) groups is 2. The van der Waals surface area contributed by atoms with Gasteiger partial charge in [-0.25, -0.2) is 5.43 Å². The van der Waals surface area contributed by atoms with Crippen molar-refractivity contribution in [2.24, 2.45) is 5.10 Å². The molecule has 2 aromatic rings. The highest BCUT2D eigenvalue weighted by Crippen LogP contribution is 2.21. The van der Waals surface area contributed by atoms with Crippen molar-refractivity contribution >= 4 is 23.7 Å². The first kappa shape index (κ1) is 20.0. The Labute approximate surface area is 157 Å². The normalized spacial score (nSPS) is 10.7. The number of benzene rings is 2. The van der Waals surface area contributed by atoms with Gasteiger partial charge in [0.2, 0.25) is 11.8 Å². The van der Waals surface area contributed by atoms with Gasteiger partial charge < -0.3 is 15.5 Å². The van der Waals surface area contributed by atoms with Crippen LogP contribution < -0.4 is 10.7 Å². The number of para-hydroxylation sites is 3. The van der Waals surface area contributed by atoms with Crippen molar-refractivity contribution < 1.29 is 19.8 Å². The van der Waals surface area contributed by atoms with Crippen molar-refractivity contribution in [2.45, 2.75) is 32.1 Å². The molecule has 142 valence electrons. The number of phenolic OH excluding ortho intramolecular Hbond substituents is 2. The van der Waals surface area contributed by atoms with Gasteiger partial charge in [0.05, 0.1) is 11.9 Å². The summed E-state index contributed by atoms with van der Waals surface area (Å²) in [7, 11) is 0. The van der Waals surface area contributed by atoms with E-state index in [-0.39, 0.29) is 23.3 Å². The van der Waals surface area contributed by atoms with Crippen LogP contribution in [0.1, 0.15) is 37.7 Å². The average molecular weight is 369 g/mol. The van der Waals surface area contributed by atoms with Gasteiger partial charge in [-0.2, -0.15) is 5.10 Å². The fourth-order valence-corrected chi connectivity index (χ4v) is 2.37. The number of hydrazone groups is 1. The number of amides is 2. The third kappa shape index (κ3) is 7.19. The van der Waals surface area contributed by atoms with Gasteiger partial charge in [0, 0.05) is 18.4 Å². The van der Waals surface area contributed by atoms with Gasteiger partial charge in [-0.15, -0.1) is 0 Å². The Hall–Kier alpha value is -3.35. The molecular formula is C20H23N3O4. The van der Waals surface area contributed by atoms with Gasteiger partial charge in [-0.05, 0) is 37.1 Å². The molecule has 4 N–H and O–H groups in total. The lowest BCUT2D eigenvalue weighted by Gasteiger charge is -2.06. The molecule has 2 aromatic carbocycles. The smallest absolute Gasteiger partial charge is 0.240 e. The Morgan fingerprint density at radius 2 is 1.48 bits per heavy atom. The second kappa shape index (κ2) is 10.6. The van der Waals surface area contributed by atoms with Crippen molar-refractivity contribution in [3.05, 3.63) is 54.1 Å². The standard InChI is InChI=1S/C20H23N3O4/c24-17-10-6-4-8-15(17)14-21-23-20(27)13-3-1-2-12-19(26)22-16-9-5-7-11-18(16)25/h4-11,14,24-25H,1-3,12-13H2,(H,22,26)(H,23,27)/b21-14+. The SMILES string of the molecule is O=C(CCCCCC(=O)Nc1ccccc1O)N/N=C/c1ccccc1O. The van der Waals surface area contributed by atoms with Crippen LogP contribution in [0.15, 0.2) is 53.6 Å². The lowest BCUT2D eigenvalue weighted by Crippen LogP contribution is -2.17. The molecule has 0 aliphatic rings. The summed E-state index contributed by atoms with van der Waals surface area (Å²) in [6.07, 6.45) is 4.03. The molecule has 0 unspecified atom stereocenters. The first-order chi connectivity index (χ1) is 13.1. The minimum atomic E-state index is -0.222. The Balaban J connectivity index is 1.58. The number of rotatable bonds is 9. The van der Waals surface area contributed by atoms with Crippen molar-refractivity contribution in [1.82, 2.24) is 5.43 Å². The number of carbonyl (C=O) groups excluding carboxylic acids is 2. The van der Waals surface area contributed by atoms with Crippen LogP contribution in [-0.4, -0.2) is 28.2 Å². The summed E-state index contributed by atoms with van der Waals surface area (Å²) >= 11 is 0. The lowest BCUT2D eigenvalue weighted by molar-refractivity contribution is -0.121.